The van der Waals surface area contributed by atoms with Crippen molar-refractivity contribution in [3.63, 3.8) is 0 Å². The van der Waals surface area contributed by atoms with Crippen molar-refractivity contribution in [3.8, 4) is 0 Å². The van der Waals surface area contributed by atoms with Gasteiger partial charge in [-0.2, -0.15) is 0 Å². The summed E-state index contributed by atoms with van der Waals surface area (Å²) in [7, 11) is -3.59. The lowest BCUT2D eigenvalue weighted by molar-refractivity contribution is -0.121. The van der Waals surface area contributed by atoms with Crippen LogP contribution in [0.2, 0.25) is 0 Å². The van der Waals surface area contributed by atoms with E-state index in [2.05, 4.69) is 43.4 Å². The van der Waals surface area contributed by atoms with Crippen molar-refractivity contribution >= 4 is 21.6 Å². The Morgan fingerprint density at radius 2 is 1.59 bits per heavy atom. The molecular formula is C23H32N2O3S. The smallest absolute Gasteiger partial charge is 0.243 e. The molecule has 0 fully saturated rings. The fourth-order valence-electron chi connectivity index (χ4n) is 3.22. The molecule has 0 heterocycles. The predicted molar refractivity (Wildman–Crippen MR) is 120 cm³/mol. The highest BCUT2D eigenvalue weighted by atomic mass is 32.2. The van der Waals surface area contributed by atoms with E-state index in [1.807, 2.05) is 19.1 Å². The van der Waals surface area contributed by atoms with Gasteiger partial charge in [0.2, 0.25) is 15.9 Å². The standard InChI is InChI=1S/C23H32N2O3S/c1-17(2)21-12-10-20(11-13-21)7-6-16-24-23(26)19(4)25(29(5,27)28)22-14-8-18(3)9-15-22/h8-15,17,19H,6-7,16H2,1-5H3,(H,24,26)/t19-/m0/s1. The molecule has 1 atom stereocenters. The van der Waals surface area contributed by atoms with E-state index in [-0.39, 0.29) is 5.91 Å². The van der Waals surface area contributed by atoms with E-state index in [0.717, 1.165) is 24.7 Å². The molecule has 158 valence electrons. The van der Waals surface area contributed by atoms with Crippen LogP contribution in [0, 0.1) is 6.92 Å². The molecule has 0 aliphatic rings. The van der Waals surface area contributed by atoms with Crippen LogP contribution in [0.25, 0.3) is 0 Å². The topological polar surface area (TPSA) is 66.5 Å². The molecule has 2 aromatic carbocycles. The van der Waals surface area contributed by atoms with Crippen LogP contribution < -0.4 is 9.62 Å². The van der Waals surface area contributed by atoms with Crippen LogP contribution in [0.5, 0.6) is 0 Å². The number of nitrogens with one attached hydrogen (secondary N) is 1. The second kappa shape index (κ2) is 9.92. The number of sulfonamides is 1. The van der Waals surface area contributed by atoms with Crippen LogP contribution in [0.4, 0.5) is 5.69 Å². The second-order valence-electron chi connectivity index (χ2n) is 7.86. The Morgan fingerprint density at radius 1 is 1.00 bits per heavy atom. The molecule has 0 aromatic heterocycles. The van der Waals surface area contributed by atoms with Gasteiger partial charge in [0.05, 0.1) is 11.9 Å². The van der Waals surface area contributed by atoms with Crippen molar-refractivity contribution in [1.82, 2.24) is 5.32 Å². The molecule has 2 aromatic rings. The van der Waals surface area contributed by atoms with Gasteiger partial charge < -0.3 is 5.32 Å². The van der Waals surface area contributed by atoms with E-state index in [9.17, 15) is 13.2 Å². The van der Waals surface area contributed by atoms with Gasteiger partial charge >= 0.3 is 0 Å². The summed E-state index contributed by atoms with van der Waals surface area (Å²) in [6.45, 7) is 8.38. The summed E-state index contributed by atoms with van der Waals surface area (Å²) in [5.41, 5.74) is 4.06. The molecule has 0 aliphatic heterocycles. The summed E-state index contributed by atoms with van der Waals surface area (Å²) in [6, 6.07) is 14.8. The number of benzene rings is 2. The van der Waals surface area contributed by atoms with Gasteiger partial charge in [0.15, 0.2) is 0 Å². The van der Waals surface area contributed by atoms with Crippen molar-refractivity contribution < 1.29 is 13.2 Å². The Bertz CT molecular complexity index is 904. The van der Waals surface area contributed by atoms with Crippen molar-refractivity contribution in [2.45, 2.75) is 52.5 Å². The van der Waals surface area contributed by atoms with Gasteiger partial charge in [-0.15, -0.1) is 0 Å². The fourth-order valence-corrected chi connectivity index (χ4v) is 4.40. The second-order valence-corrected chi connectivity index (χ2v) is 9.72. The van der Waals surface area contributed by atoms with Crippen LogP contribution in [0.15, 0.2) is 48.5 Å². The molecule has 0 aliphatic carbocycles. The zero-order chi connectivity index (χ0) is 21.6. The highest BCUT2D eigenvalue weighted by Gasteiger charge is 2.28. The van der Waals surface area contributed by atoms with Crippen LogP contribution in [0.3, 0.4) is 0 Å². The molecule has 2 rings (SSSR count). The maximum absolute atomic E-state index is 12.6. The number of rotatable bonds is 9. The molecule has 0 saturated heterocycles. The largest absolute Gasteiger partial charge is 0.354 e. The number of amides is 1. The minimum Gasteiger partial charge on any atom is -0.354 e. The maximum Gasteiger partial charge on any atom is 0.243 e. The Labute approximate surface area is 175 Å². The number of carbonyl (C=O) groups is 1. The quantitative estimate of drug-likeness (QED) is 0.628. The number of aryl methyl sites for hydroxylation is 2. The lowest BCUT2D eigenvalue weighted by Gasteiger charge is -2.28. The maximum atomic E-state index is 12.6. The summed E-state index contributed by atoms with van der Waals surface area (Å²) in [6.07, 6.45) is 2.78. The number of anilines is 1. The van der Waals surface area contributed by atoms with Gasteiger partial charge in [-0.3, -0.25) is 9.10 Å². The number of hydrogen-bond donors (Lipinski definition) is 1. The highest BCUT2D eigenvalue weighted by Crippen LogP contribution is 2.21. The summed E-state index contributed by atoms with van der Waals surface area (Å²) in [5.74, 6) is 0.210. The first-order chi connectivity index (χ1) is 13.6. The first-order valence-corrected chi connectivity index (χ1v) is 11.9. The van der Waals surface area contributed by atoms with E-state index in [1.54, 1.807) is 19.1 Å². The lowest BCUT2D eigenvalue weighted by atomic mass is 10.0. The molecule has 0 spiro atoms. The first kappa shape index (κ1) is 22.9. The van der Waals surface area contributed by atoms with Gasteiger partial charge in [0, 0.05) is 6.54 Å². The van der Waals surface area contributed by atoms with Gasteiger partial charge in [-0.1, -0.05) is 55.8 Å². The monoisotopic (exact) mass is 416 g/mol. The molecule has 0 bridgehead atoms. The Balaban J connectivity index is 1.93. The Kier molecular flexibility index (Phi) is 7.85. The van der Waals surface area contributed by atoms with Crippen molar-refractivity contribution in [1.29, 1.82) is 0 Å². The zero-order valence-corrected chi connectivity index (χ0v) is 18.8. The van der Waals surface area contributed by atoms with Crippen LogP contribution in [-0.2, 0) is 21.2 Å². The molecule has 6 heteroatoms. The van der Waals surface area contributed by atoms with Crippen LogP contribution >= 0.6 is 0 Å². The fraction of sp³-hybridized carbons (Fsp3) is 0.435. The van der Waals surface area contributed by atoms with Gasteiger partial charge in [-0.25, -0.2) is 8.42 Å². The van der Waals surface area contributed by atoms with E-state index in [1.165, 1.54) is 15.4 Å². The molecule has 5 nitrogen and oxygen atoms in total. The number of nitrogens with zero attached hydrogens (tertiary/aromatic N) is 1. The third kappa shape index (κ3) is 6.60. The molecule has 29 heavy (non-hydrogen) atoms. The Hall–Kier alpha value is -2.34. The molecule has 1 amide bonds. The molecule has 1 N–H and O–H groups in total. The summed E-state index contributed by atoms with van der Waals surface area (Å²) < 4.78 is 25.8. The third-order valence-corrected chi connectivity index (χ3v) is 6.21. The van der Waals surface area contributed by atoms with Gasteiger partial charge in [0.25, 0.3) is 0 Å². The van der Waals surface area contributed by atoms with E-state index < -0.39 is 16.1 Å². The van der Waals surface area contributed by atoms with E-state index >= 15 is 0 Å². The SMILES string of the molecule is Cc1ccc(N([C@@H](C)C(=O)NCCCc2ccc(C(C)C)cc2)S(C)(=O)=O)cc1. The summed E-state index contributed by atoms with van der Waals surface area (Å²) in [5, 5.41) is 2.87. The minimum absolute atomic E-state index is 0.300. The van der Waals surface area contributed by atoms with Gasteiger partial charge in [-0.05, 0) is 55.9 Å². The summed E-state index contributed by atoms with van der Waals surface area (Å²) in [4.78, 5) is 12.6. The number of hydrogen-bond acceptors (Lipinski definition) is 3. The molecule has 0 unspecified atom stereocenters. The average Bonchev–Trinajstić information content (AvgIpc) is 2.66. The molecule has 0 radical (unpaired) electrons. The Morgan fingerprint density at radius 3 is 2.10 bits per heavy atom. The predicted octanol–water partition coefficient (Wildman–Crippen LogP) is 4.02. The van der Waals surface area contributed by atoms with E-state index in [0.29, 0.717) is 18.2 Å². The van der Waals surface area contributed by atoms with Crippen molar-refractivity contribution in [2.75, 3.05) is 17.1 Å². The van der Waals surface area contributed by atoms with Crippen LogP contribution in [-0.4, -0.2) is 33.2 Å². The molecule has 0 saturated carbocycles. The van der Waals surface area contributed by atoms with Crippen molar-refractivity contribution in [2.24, 2.45) is 0 Å². The van der Waals surface area contributed by atoms with Crippen molar-refractivity contribution in [3.05, 3.63) is 65.2 Å². The van der Waals surface area contributed by atoms with Crippen LogP contribution in [0.1, 0.15) is 49.8 Å². The summed E-state index contributed by atoms with van der Waals surface area (Å²) >= 11 is 0. The minimum atomic E-state index is -3.59. The third-order valence-electron chi connectivity index (χ3n) is 4.96. The average molecular weight is 417 g/mol. The molecular weight excluding hydrogens is 384 g/mol. The zero-order valence-electron chi connectivity index (χ0n) is 18.0. The first-order valence-electron chi connectivity index (χ1n) is 10.0. The number of carbonyl (C=O) groups excluding carboxylic acids is 1. The lowest BCUT2D eigenvalue weighted by Crippen LogP contribution is -2.48. The van der Waals surface area contributed by atoms with Gasteiger partial charge in [0.1, 0.15) is 6.04 Å². The normalized spacial score (nSPS) is 12.6. The van der Waals surface area contributed by atoms with E-state index in [4.69, 9.17) is 0 Å². The highest BCUT2D eigenvalue weighted by molar-refractivity contribution is 7.92.